The second-order valence-electron chi connectivity index (χ2n) is 5.84. The van der Waals surface area contributed by atoms with Crippen LogP contribution in [0.5, 0.6) is 11.5 Å². The van der Waals surface area contributed by atoms with E-state index in [9.17, 15) is 15.0 Å². The number of benzene rings is 1. The minimum Gasteiger partial charge on any atom is -0.495 e. The summed E-state index contributed by atoms with van der Waals surface area (Å²) in [5, 5.41) is 21.0. The van der Waals surface area contributed by atoms with E-state index in [2.05, 4.69) is 0 Å². The Bertz CT molecular complexity index is 933. The highest BCUT2D eigenvalue weighted by atomic mass is 16.5. The van der Waals surface area contributed by atoms with Gasteiger partial charge in [-0.05, 0) is 26.0 Å². The molecule has 0 aliphatic carbocycles. The summed E-state index contributed by atoms with van der Waals surface area (Å²) < 4.78 is 21.8. The number of methoxy groups -OCH3 is 1. The first-order valence-corrected chi connectivity index (χ1v) is 7.39. The molecule has 24 heavy (non-hydrogen) atoms. The molecule has 0 amide bonds. The average Bonchev–Trinajstić information content (AvgIpc) is 3.00. The van der Waals surface area contributed by atoms with Crippen LogP contribution in [-0.4, -0.2) is 35.6 Å². The lowest BCUT2D eigenvalue weighted by atomic mass is 10.0. The minimum absolute atomic E-state index is 0.156. The average molecular weight is 334 g/mol. The third-order valence-corrected chi connectivity index (χ3v) is 4.01. The molecule has 3 aromatic rings. The van der Waals surface area contributed by atoms with E-state index in [1.54, 1.807) is 12.1 Å². The summed E-state index contributed by atoms with van der Waals surface area (Å²) in [6, 6.07) is 4.57. The zero-order valence-electron chi connectivity index (χ0n) is 13.5. The molecule has 2 unspecified atom stereocenters. The van der Waals surface area contributed by atoms with Crippen LogP contribution in [0.25, 0.3) is 21.9 Å². The van der Waals surface area contributed by atoms with Crippen molar-refractivity contribution >= 4 is 21.9 Å². The van der Waals surface area contributed by atoms with Gasteiger partial charge in [-0.15, -0.1) is 0 Å². The number of ether oxygens (including phenoxy) is 2. The summed E-state index contributed by atoms with van der Waals surface area (Å²) >= 11 is 0. The fraction of sp³-hybridized carbons (Fsp3) is 0.353. The maximum absolute atomic E-state index is 11.6. The van der Waals surface area contributed by atoms with Crippen LogP contribution in [0, 0.1) is 0 Å². The number of furan rings is 1. The first-order valence-electron chi connectivity index (χ1n) is 7.39. The van der Waals surface area contributed by atoms with Crippen molar-refractivity contribution in [1.29, 1.82) is 0 Å². The molecule has 2 aromatic heterocycles. The molecule has 0 fully saturated rings. The van der Waals surface area contributed by atoms with Gasteiger partial charge in [-0.1, -0.05) is 0 Å². The number of hydrogen-bond acceptors (Lipinski definition) is 7. The van der Waals surface area contributed by atoms with Gasteiger partial charge in [0.1, 0.15) is 18.0 Å². The van der Waals surface area contributed by atoms with Crippen LogP contribution in [0.1, 0.15) is 13.8 Å². The highest BCUT2D eigenvalue weighted by molar-refractivity contribution is 6.06. The fourth-order valence-corrected chi connectivity index (χ4v) is 2.37. The van der Waals surface area contributed by atoms with E-state index in [1.165, 1.54) is 33.3 Å². The normalized spacial score (nSPS) is 15.4. The van der Waals surface area contributed by atoms with Crippen molar-refractivity contribution in [2.75, 3.05) is 13.7 Å². The van der Waals surface area contributed by atoms with Crippen LogP contribution >= 0.6 is 0 Å². The highest BCUT2D eigenvalue weighted by Crippen LogP contribution is 2.42. The Kier molecular flexibility index (Phi) is 3.98. The molecule has 0 radical (unpaired) electrons. The van der Waals surface area contributed by atoms with Crippen molar-refractivity contribution in [1.82, 2.24) is 0 Å². The van der Waals surface area contributed by atoms with Gasteiger partial charge >= 0.3 is 5.63 Å². The molecule has 0 bridgehead atoms. The quantitative estimate of drug-likeness (QED) is 0.688. The van der Waals surface area contributed by atoms with Crippen LogP contribution < -0.4 is 15.1 Å². The zero-order chi connectivity index (χ0) is 17.5. The Morgan fingerprint density at radius 3 is 2.58 bits per heavy atom. The second kappa shape index (κ2) is 5.85. The Hall–Kier alpha value is -2.51. The molecule has 1 aromatic carbocycles. The standard InChI is InChI=1S/C17H18O7/c1-9(18)17(2,20)8-23-16-14-11(6-7-22-14)13(21-3)10-4-5-12(19)24-15(10)16/h4-7,9,18,20H,8H2,1-3H3. The molecule has 0 saturated heterocycles. The summed E-state index contributed by atoms with van der Waals surface area (Å²) in [7, 11) is 1.51. The molecule has 2 heterocycles. The Labute approximate surface area is 137 Å². The number of fused-ring (bicyclic) bond motifs is 2. The lowest BCUT2D eigenvalue weighted by Crippen LogP contribution is -2.42. The minimum atomic E-state index is -1.49. The molecule has 0 saturated carbocycles. The largest absolute Gasteiger partial charge is 0.495 e. The van der Waals surface area contributed by atoms with Crippen LogP contribution in [-0.2, 0) is 0 Å². The molecular formula is C17H18O7. The zero-order valence-corrected chi connectivity index (χ0v) is 13.5. The number of aliphatic hydroxyl groups excluding tert-OH is 1. The number of rotatable bonds is 5. The number of aliphatic hydroxyl groups is 2. The monoisotopic (exact) mass is 334 g/mol. The number of hydrogen-bond donors (Lipinski definition) is 2. The van der Waals surface area contributed by atoms with Crippen LogP contribution in [0.4, 0.5) is 0 Å². The molecular weight excluding hydrogens is 316 g/mol. The molecule has 7 heteroatoms. The predicted octanol–water partition coefficient (Wildman–Crippen LogP) is 2.06. The molecule has 2 atom stereocenters. The van der Waals surface area contributed by atoms with Gasteiger partial charge in [0.05, 0.1) is 30.2 Å². The van der Waals surface area contributed by atoms with E-state index in [4.69, 9.17) is 18.3 Å². The Morgan fingerprint density at radius 1 is 1.21 bits per heavy atom. The van der Waals surface area contributed by atoms with Crippen molar-refractivity contribution < 1.29 is 28.5 Å². The summed E-state index contributed by atoms with van der Waals surface area (Å²) in [5.74, 6) is 0.663. The smallest absolute Gasteiger partial charge is 0.336 e. The van der Waals surface area contributed by atoms with Crippen molar-refractivity contribution in [2.45, 2.75) is 25.6 Å². The van der Waals surface area contributed by atoms with Crippen molar-refractivity contribution in [3.8, 4) is 11.5 Å². The molecule has 0 aliphatic rings. The van der Waals surface area contributed by atoms with Crippen molar-refractivity contribution in [3.63, 3.8) is 0 Å². The molecule has 7 nitrogen and oxygen atoms in total. The van der Waals surface area contributed by atoms with Crippen molar-refractivity contribution in [2.24, 2.45) is 0 Å². The van der Waals surface area contributed by atoms with E-state index in [0.29, 0.717) is 22.1 Å². The third kappa shape index (κ3) is 2.61. The molecule has 2 N–H and O–H groups in total. The molecule has 128 valence electrons. The van der Waals surface area contributed by atoms with Gasteiger partial charge in [0.15, 0.2) is 11.2 Å². The summed E-state index contributed by atoms with van der Waals surface area (Å²) in [5.41, 5.74) is -1.55. The fourth-order valence-electron chi connectivity index (χ4n) is 2.37. The highest BCUT2D eigenvalue weighted by Gasteiger charge is 2.29. The van der Waals surface area contributed by atoms with E-state index in [0.717, 1.165) is 0 Å². The van der Waals surface area contributed by atoms with Crippen LogP contribution in [0.15, 0.2) is 38.1 Å². The first kappa shape index (κ1) is 16.4. The topological polar surface area (TPSA) is 102 Å². The Balaban J connectivity index is 2.23. The molecule has 0 aliphatic heterocycles. The van der Waals surface area contributed by atoms with E-state index >= 15 is 0 Å². The van der Waals surface area contributed by atoms with Gasteiger partial charge in [-0.25, -0.2) is 4.79 Å². The Morgan fingerprint density at radius 2 is 1.92 bits per heavy atom. The van der Waals surface area contributed by atoms with E-state index < -0.39 is 17.3 Å². The van der Waals surface area contributed by atoms with Gasteiger partial charge in [-0.2, -0.15) is 0 Å². The van der Waals surface area contributed by atoms with Gasteiger partial charge in [0, 0.05) is 6.07 Å². The molecule has 3 rings (SSSR count). The lowest BCUT2D eigenvalue weighted by molar-refractivity contribution is -0.0776. The van der Waals surface area contributed by atoms with Crippen LogP contribution in [0.2, 0.25) is 0 Å². The van der Waals surface area contributed by atoms with Gasteiger partial charge in [0.25, 0.3) is 0 Å². The van der Waals surface area contributed by atoms with E-state index in [-0.39, 0.29) is 17.9 Å². The maximum Gasteiger partial charge on any atom is 0.336 e. The second-order valence-corrected chi connectivity index (χ2v) is 5.84. The summed E-state index contributed by atoms with van der Waals surface area (Å²) in [4.78, 5) is 11.6. The predicted molar refractivity (Wildman–Crippen MR) is 86.6 cm³/mol. The maximum atomic E-state index is 11.6. The summed E-state index contributed by atoms with van der Waals surface area (Å²) in [6.45, 7) is 2.68. The first-order chi connectivity index (χ1) is 11.3. The lowest BCUT2D eigenvalue weighted by Gasteiger charge is -2.26. The van der Waals surface area contributed by atoms with E-state index in [1.807, 2.05) is 0 Å². The van der Waals surface area contributed by atoms with Crippen molar-refractivity contribution in [3.05, 3.63) is 34.9 Å². The van der Waals surface area contributed by atoms with Gasteiger partial charge in [0.2, 0.25) is 5.75 Å². The van der Waals surface area contributed by atoms with Crippen LogP contribution in [0.3, 0.4) is 0 Å². The van der Waals surface area contributed by atoms with Gasteiger partial charge < -0.3 is 28.5 Å². The SMILES string of the molecule is COc1c2ccoc2c(OCC(C)(O)C(C)O)c2oc(=O)ccc12. The summed E-state index contributed by atoms with van der Waals surface area (Å²) in [6.07, 6.45) is 0.449. The third-order valence-electron chi connectivity index (χ3n) is 4.01. The van der Waals surface area contributed by atoms with Gasteiger partial charge in [-0.3, -0.25) is 0 Å². The molecule has 0 spiro atoms.